The monoisotopic (exact) mass is 594 g/mol. The Balaban J connectivity index is 1.55. The van der Waals surface area contributed by atoms with Gasteiger partial charge in [-0.2, -0.15) is 0 Å². The van der Waals surface area contributed by atoms with Gasteiger partial charge in [-0.3, -0.25) is 24.1 Å². The number of nitrogens with one attached hydrogen (secondary N) is 1. The van der Waals surface area contributed by atoms with Gasteiger partial charge >= 0.3 is 0 Å². The van der Waals surface area contributed by atoms with Crippen molar-refractivity contribution in [2.45, 2.75) is 12.6 Å². The zero-order valence-corrected chi connectivity index (χ0v) is 24.5. The van der Waals surface area contributed by atoms with Crippen LogP contribution in [-0.4, -0.2) is 56.2 Å². The van der Waals surface area contributed by atoms with Crippen molar-refractivity contribution >= 4 is 40.6 Å². The average Bonchev–Trinajstić information content (AvgIpc) is 3.27. The number of anilines is 3. The highest BCUT2D eigenvalue weighted by atomic mass is 19.1. The van der Waals surface area contributed by atoms with Crippen molar-refractivity contribution in [3.63, 3.8) is 0 Å². The minimum absolute atomic E-state index is 0.173. The van der Waals surface area contributed by atoms with Crippen LogP contribution in [0, 0.1) is 5.82 Å². The molecule has 1 heterocycles. The van der Waals surface area contributed by atoms with Crippen LogP contribution < -0.4 is 19.9 Å². The van der Waals surface area contributed by atoms with E-state index < -0.39 is 41.9 Å². The number of hydrogen-bond donors (Lipinski definition) is 1. The zero-order valence-electron chi connectivity index (χ0n) is 24.5. The number of methoxy groups -OCH3 is 1. The van der Waals surface area contributed by atoms with E-state index in [1.165, 1.54) is 36.3 Å². The maximum absolute atomic E-state index is 15.0. The van der Waals surface area contributed by atoms with E-state index in [9.17, 15) is 23.6 Å². The zero-order chi connectivity index (χ0) is 31.4. The van der Waals surface area contributed by atoms with Gasteiger partial charge in [0, 0.05) is 37.6 Å². The largest absolute Gasteiger partial charge is 0.497 e. The summed E-state index contributed by atoms with van der Waals surface area (Å²) in [5, 5.41) is 2.89. The second kappa shape index (κ2) is 12.8. The van der Waals surface area contributed by atoms with Crippen LogP contribution in [0.5, 0.6) is 5.75 Å². The Morgan fingerprint density at radius 3 is 2.20 bits per heavy atom. The van der Waals surface area contributed by atoms with Crippen LogP contribution in [0.4, 0.5) is 21.5 Å². The predicted octanol–water partition coefficient (Wildman–Crippen LogP) is 4.84. The normalized spacial score (nSPS) is 12.9. The third kappa shape index (κ3) is 6.14. The Morgan fingerprint density at radius 1 is 0.886 bits per heavy atom. The highest BCUT2D eigenvalue weighted by molar-refractivity contribution is 6.52. The number of amides is 3. The molecule has 3 amide bonds. The molecule has 44 heavy (non-hydrogen) atoms. The number of fused-ring (bicyclic) bond motifs is 1. The van der Waals surface area contributed by atoms with Crippen LogP contribution >= 0.6 is 0 Å². The van der Waals surface area contributed by atoms with Crippen LogP contribution in [0.15, 0.2) is 97.1 Å². The molecule has 4 aromatic carbocycles. The summed E-state index contributed by atoms with van der Waals surface area (Å²) in [5.74, 6) is -2.81. The molecular formula is C34H31FN4O5. The standard InChI is InChI=1S/C34H31FN4O5/c1-37(2)25-16-14-24(15-17-25)36-33(42)31(22-12-18-26(44-3)19-13-22)39(20-23-8-4-6-10-28(23)35)30(40)21-38-29-11-7-5-9-27(29)32(41)34(38)43/h4-19,31H,20-21H2,1-3H3,(H,36,42). The minimum atomic E-state index is -1.25. The molecule has 1 aliphatic rings. The molecule has 1 atom stereocenters. The maximum atomic E-state index is 15.0. The molecule has 0 radical (unpaired) electrons. The summed E-state index contributed by atoms with van der Waals surface area (Å²) < 4.78 is 20.3. The molecule has 0 aliphatic carbocycles. The van der Waals surface area contributed by atoms with Gasteiger partial charge in [0.25, 0.3) is 17.6 Å². The third-order valence-electron chi connectivity index (χ3n) is 7.43. The Bertz CT molecular complexity index is 1710. The van der Waals surface area contributed by atoms with E-state index in [0.29, 0.717) is 22.7 Å². The molecule has 224 valence electrons. The number of carbonyl (C=O) groups is 4. The SMILES string of the molecule is COc1ccc(C(C(=O)Nc2ccc(N(C)C)cc2)N(Cc2ccccc2F)C(=O)CN2C(=O)C(=O)c3ccccc32)cc1. The lowest BCUT2D eigenvalue weighted by atomic mass is 10.0. The van der Waals surface area contributed by atoms with Crippen LogP contribution in [0.2, 0.25) is 0 Å². The summed E-state index contributed by atoms with van der Waals surface area (Å²) in [6.07, 6.45) is 0. The summed E-state index contributed by atoms with van der Waals surface area (Å²) in [5.41, 5.74) is 2.52. The Morgan fingerprint density at radius 2 is 1.55 bits per heavy atom. The molecule has 0 spiro atoms. The summed E-state index contributed by atoms with van der Waals surface area (Å²) in [7, 11) is 5.31. The number of Topliss-reactive ketones (excluding diaryl/α,β-unsaturated/α-hetero) is 1. The number of nitrogens with zero attached hydrogens (tertiary/aromatic N) is 3. The molecule has 1 aliphatic heterocycles. The molecule has 0 saturated carbocycles. The van der Waals surface area contributed by atoms with E-state index in [1.807, 2.05) is 31.1 Å². The quantitative estimate of drug-likeness (QED) is 0.264. The summed E-state index contributed by atoms with van der Waals surface area (Å²) >= 11 is 0. The Hall–Kier alpha value is -5.51. The van der Waals surface area contributed by atoms with E-state index in [-0.39, 0.29) is 17.7 Å². The molecule has 0 bridgehead atoms. The number of ether oxygens (including phenoxy) is 1. The lowest BCUT2D eigenvalue weighted by Gasteiger charge is -2.33. The topological polar surface area (TPSA) is 99.3 Å². The second-order valence-electron chi connectivity index (χ2n) is 10.5. The Kier molecular flexibility index (Phi) is 8.71. The fourth-order valence-corrected chi connectivity index (χ4v) is 5.08. The molecule has 0 saturated heterocycles. The second-order valence-corrected chi connectivity index (χ2v) is 10.5. The number of ketones is 1. The first kappa shape index (κ1) is 30.0. The van der Waals surface area contributed by atoms with Gasteiger partial charge in [0.1, 0.15) is 24.2 Å². The molecule has 5 rings (SSSR count). The van der Waals surface area contributed by atoms with Gasteiger partial charge in [0.2, 0.25) is 5.91 Å². The van der Waals surface area contributed by atoms with Crippen molar-refractivity contribution in [1.29, 1.82) is 0 Å². The fraction of sp³-hybridized carbons (Fsp3) is 0.176. The van der Waals surface area contributed by atoms with Gasteiger partial charge in [-0.05, 0) is 60.2 Å². The number of rotatable bonds is 10. The van der Waals surface area contributed by atoms with Gasteiger partial charge in [0.15, 0.2) is 0 Å². The van der Waals surface area contributed by atoms with Crippen molar-refractivity contribution in [3.05, 3.63) is 120 Å². The van der Waals surface area contributed by atoms with E-state index in [4.69, 9.17) is 4.74 Å². The fourth-order valence-electron chi connectivity index (χ4n) is 5.08. The van der Waals surface area contributed by atoms with Gasteiger partial charge < -0.3 is 19.9 Å². The van der Waals surface area contributed by atoms with Gasteiger partial charge in [-0.1, -0.05) is 42.5 Å². The van der Waals surface area contributed by atoms with Crippen molar-refractivity contribution in [2.75, 3.05) is 42.9 Å². The lowest BCUT2D eigenvalue weighted by Crippen LogP contribution is -2.46. The number of para-hydroxylation sites is 1. The molecule has 1 N–H and O–H groups in total. The van der Waals surface area contributed by atoms with Gasteiger partial charge in [0.05, 0.1) is 18.4 Å². The minimum Gasteiger partial charge on any atom is -0.497 e. The number of benzene rings is 4. The highest BCUT2D eigenvalue weighted by Gasteiger charge is 2.39. The molecule has 9 nitrogen and oxygen atoms in total. The number of carbonyl (C=O) groups excluding carboxylic acids is 4. The highest BCUT2D eigenvalue weighted by Crippen LogP contribution is 2.31. The third-order valence-corrected chi connectivity index (χ3v) is 7.43. The first-order valence-corrected chi connectivity index (χ1v) is 13.9. The van der Waals surface area contributed by atoms with Crippen molar-refractivity contribution in [2.24, 2.45) is 0 Å². The Labute approximate surface area is 254 Å². The van der Waals surface area contributed by atoms with E-state index >= 15 is 0 Å². The molecular weight excluding hydrogens is 563 g/mol. The average molecular weight is 595 g/mol. The molecule has 10 heteroatoms. The summed E-state index contributed by atoms with van der Waals surface area (Å²) in [6.45, 7) is -0.819. The van der Waals surface area contributed by atoms with Gasteiger partial charge in [-0.15, -0.1) is 0 Å². The van der Waals surface area contributed by atoms with Crippen molar-refractivity contribution in [3.8, 4) is 5.75 Å². The lowest BCUT2D eigenvalue weighted by molar-refractivity contribution is -0.139. The molecule has 1 unspecified atom stereocenters. The predicted molar refractivity (Wildman–Crippen MR) is 165 cm³/mol. The first-order valence-electron chi connectivity index (χ1n) is 13.9. The van der Waals surface area contributed by atoms with Crippen LogP contribution in [0.1, 0.15) is 27.5 Å². The molecule has 0 fully saturated rings. The van der Waals surface area contributed by atoms with Crippen LogP contribution in [0.3, 0.4) is 0 Å². The van der Waals surface area contributed by atoms with Crippen LogP contribution in [0.25, 0.3) is 0 Å². The van der Waals surface area contributed by atoms with E-state index in [2.05, 4.69) is 5.32 Å². The summed E-state index contributed by atoms with van der Waals surface area (Å²) in [6, 6.07) is 24.9. The molecule has 0 aromatic heterocycles. The van der Waals surface area contributed by atoms with Crippen molar-refractivity contribution in [1.82, 2.24) is 4.90 Å². The van der Waals surface area contributed by atoms with E-state index in [0.717, 1.165) is 10.6 Å². The van der Waals surface area contributed by atoms with E-state index in [1.54, 1.807) is 60.7 Å². The number of hydrogen-bond acceptors (Lipinski definition) is 6. The maximum Gasteiger partial charge on any atom is 0.299 e. The van der Waals surface area contributed by atoms with Gasteiger partial charge in [-0.25, -0.2) is 4.39 Å². The van der Waals surface area contributed by atoms with Crippen LogP contribution in [-0.2, 0) is 20.9 Å². The smallest absolute Gasteiger partial charge is 0.299 e. The summed E-state index contributed by atoms with van der Waals surface area (Å²) in [4.78, 5) is 58.1. The van der Waals surface area contributed by atoms with Crippen molar-refractivity contribution < 1.29 is 28.3 Å². The first-order chi connectivity index (χ1) is 21.2. The molecule has 4 aromatic rings. The number of halogens is 1.